The molecule has 0 fully saturated rings. The number of hydrogen-bond acceptors (Lipinski definition) is 3. The van der Waals surface area contributed by atoms with Crippen molar-refractivity contribution < 1.29 is 0 Å². The Morgan fingerprint density at radius 1 is 1.11 bits per heavy atom. The predicted octanol–water partition coefficient (Wildman–Crippen LogP) is 3.08. The van der Waals surface area contributed by atoms with Gasteiger partial charge in [0.15, 0.2) is 0 Å². The van der Waals surface area contributed by atoms with Crippen molar-refractivity contribution in [2.45, 2.75) is 13.8 Å². The average molecular weight is 257 g/mol. The van der Waals surface area contributed by atoms with Gasteiger partial charge in [-0.2, -0.15) is 0 Å². The maximum Gasteiger partial charge on any atom is 0.122 e. The minimum atomic E-state index is 0.305. The molecule has 2 aromatic rings. The Morgan fingerprint density at radius 3 is 2.39 bits per heavy atom. The highest BCUT2D eigenvalue weighted by Gasteiger charge is 2.01. The summed E-state index contributed by atoms with van der Waals surface area (Å²) >= 11 is 4.92. The fraction of sp³-hybridized carbons (Fsp3) is 0.143. The van der Waals surface area contributed by atoms with Crippen molar-refractivity contribution in [2.24, 2.45) is 5.73 Å². The van der Waals surface area contributed by atoms with Crippen molar-refractivity contribution in [1.29, 1.82) is 0 Å². The van der Waals surface area contributed by atoms with E-state index in [0.29, 0.717) is 10.7 Å². The van der Waals surface area contributed by atoms with Crippen LogP contribution >= 0.6 is 12.2 Å². The van der Waals surface area contributed by atoms with Crippen LogP contribution in [0.25, 0.3) is 0 Å². The maximum atomic E-state index is 5.57. The lowest BCUT2D eigenvalue weighted by Crippen LogP contribution is -2.11. The van der Waals surface area contributed by atoms with Crippen LogP contribution in [0.15, 0.2) is 36.5 Å². The van der Waals surface area contributed by atoms with Gasteiger partial charge in [-0.15, -0.1) is 0 Å². The quantitative estimate of drug-likeness (QED) is 0.830. The molecule has 0 saturated carbocycles. The van der Waals surface area contributed by atoms with Gasteiger partial charge in [-0.25, -0.2) is 0 Å². The number of nitrogens with two attached hydrogens (primary N) is 1. The van der Waals surface area contributed by atoms with Gasteiger partial charge in [-0.05, 0) is 49.2 Å². The normalized spacial score (nSPS) is 10.1. The Hall–Kier alpha value is -1.94. The molecule has 0 amide bonds. The van der Waals surface area contributed by atoms with E-state index in [1.54, 1.807) is 6.20 Å². The van der Waals surface area contributed by atoms with Crippen LogP contribution in [0.4, 0.5) is 11.4 Å². The number of pyridine rings is 1. The Balaban J connectivity index is 2.28. The van der Waals surface area contributed by atoms with Crippen LogP contribution in [0.3, 0.4) is 0 Å². The van der Waals surface area contributed by atoms with E-state index >= 15 is 0 Å². The molecule has 3 nitrogen and oxygen atoms in total. The largest absolute Gasteiger partial charge is 0.388 e. The van der Waals surface area contributed by atoms with Crippen molar-refractivity contribution in [2.75, 3.05) is 5.32 Å². The Labute approximate surface area is 112 Å². The van der Waals surface area contributed by atoms with Gasteiger partial charge in [-0.3, -0.25) is 4.98 Å². The highest BCUT2D eigenvalue weighted by molar-refractivity contribution is 7.80. The highest BCUT2D eigenvalue weighted by Crippen LogP contribution is 2.19. The number of aryl methyl sites for hydroxylation is 2. The lowest BCUT2D eigenvalue weighted by atomic mass is 10.1. The molecule has 0 spiro atoms. The number of anilines is 2. The number of hydrogen-bond donors (Lipinski definition) is 2. The van der Waals surface area contributed by atoms with Crippen LogP contribution in [0.1, 0.15) is 16.8 Å². The minimum Gasteiger partial charge on any atom is -0.388 e. The van der Waals surface area contributed by atoms with Crippen LogP contribution in [0.2, 0.25) is 0 Å². The number of nitrogens with one attached hydrogen (secondary N) is 1. The first-order valence-corrected chi connectivity index (χ1v) is 6.06. The molecule has 18 heavy (non-hydrogen) atoms. The molecule has 0 aliphatic carbocycles. The van der Waals surface area contributed by atoms with Crippen molar-refractivity contribution in [3.05, 3.63) is 53.3 Å². The molecular formula is C14H15N3S. The third-order valence-corrected chi connectivity index (χ3v) is 2.73. The fourth-order valence-corrected chi connectivity index (χ4v) is 1.97. The van der Waals surface area contributed by atoms with E-state index in [0.717, 1.165) is 11.4 Å². The topological polar surface area (TPSA) is 50.9 Å². The Bertz CT molecular complexity index is 573. The first-order chi connectivity index (χ1) is 8.54. The molecule has 0 radical (unpaired) electrons. The van der Waals surface area contributed by atoms with Gasteiger partial charge in [0, 0.05) is 17.6 Å². The summed E-state index contributed by atoms with van der Waals surface area (Å²) in [6.45, 7) is 4.15. The second kappa shape index (κ2) is 5.14. The second-order valence-electron chi connectivity index (χ2n) is 4.30. The number of nitrogens with zero attached hydrogens (tertiary/aromatic N) is 1. The highest BCUT2D eigenvalue weighted by atomic mass is 32.1. The zero-order chi connectivity index (χ0) is 13.1. The van der Waals surface area contributed by atoms with E-state index in [1.165, 1.54) is 11.1 Å². The van der Waals surface area contributed by atoms with Crippen molar-refractivity contribution in [1.82, 2.24) is 4.98 Å². The monoisotopic (exact) mass is 257 g/mol. The lowest BCUT2D eigenvalue weighted by molar-refractivity contribution is 1.29. The maximum absolute atomic E-state index is 5.57. The molecule has 0 aliphatic heterocycles. The number of thiocarbonyl (C=S) groups is 1. The molecular weight excluding hydrogens is 242 g/mol. The molecule has 1 aromatic heterocycles. The fourth-order valence-electron chi connectivity index (χ4n) is 1.86. The summed E-state index contributed by atoms with van der Waals surface area (Å²) in [6.07, 6.45) is 1.69. The first kappa shape index (κ1) is 12.5. The second-order valence-corrected chi connectivity index (χ2v) is 4.74. The van der Waals surface area contributed by atoms with Gasteiger partial charge in [0.1, 0.15) is 4.99 Å². The smallest absolute Gasteiger partial charge is 0.122 e. The predicted molar refractivity (Wildman–Crippen MR) is 79.3 cm³/mol. The summed E-state index contributed by atoms with van der Waals surface area (Å²) < 4.78 is 0. The summed E-state index contributed by atoms with van der Waals surface area (Å²) in [6, 6.07) is 10.1. The molecule has 0 bridgehead atoms. The summed E-state index contributed by atoms with van der Waals surface area (Å²) in [5, 5.41) is 3.33. The van der Waals surface area contributed by atoms with Gasteiger partial charge in [0.05, 0.1) is 5.69 Å². The van der Waals surface area contributed by atoms with Crippen LogP contribution in [0, 0.1) is 13.8 Å². The molecule has 92 valence electrons. The summed E-state index contributed by atoms with van der Waals surface area (Å²) in [7, 11) is 0. The van der Waals surface area contributed by atoms with Gasteiger partial charge in [0.25, 0.3) is 0 Å². The van der Waals surface area contributed by atoms with E-state index < -0.39 is 0 Å². The molecule has 0 aliphatic rings. The molecule has 2 rings (SSSR count). The lowest BCUT2D eigenvalue weighted by Gasteiger charge is -2.09. The summed E-state index contributed by atoms with van der Waals surface area (Å²) in [5.74, 6) is 0. The van der Waals surface area contributed by atoms with E-state index in [9.17, 15) is 0 Å². The molecule has 4 heteroatoms. The van der Waals surface area contributed by atoms with Crippen LogP contribution in [-0.4, -0.2) is 9.97 Å². The first-order valence-electron chi connectivity index (χ1n) is 5.66. The molecule has 0 saturated heterocycles. The summed E-state index contributed by atoms with van der Waals surface area (Å²) in [5.41, 5.74) is 10.6. The molecule has 0 atom stereocenters. The number of aromatic nitrogens is 1. The molecule has 0 unspecified atom stereocenters. The minimum absolute atomic E-state index is 0.305. The standard InChI is InChI=1S/C14H15N3S/c1-9-5-10(2)7-12(6-9)17-11-3-4-16-13(8-11)14(15)18/h3-8H,1-2H3,(H2,15,18)(H,16,17). The number of benzene rings is 1. The van der Waals surface area contributed by atoms with E-state index in [4.69, 9.17) is 18.0 Å². The third kappa shape index (κ3) is 3.05. The SMILES string of the molecule is Cc1cc(C)cc(Nc2ccnc(C(N)=S)c2)c1. The third-order valence-electron chi connectivity index (χ3n) is 2.52. The van der Waals surface area contributed by atoms with Gasteiger partial charge < -0.3 is 11.1 Å². The van der Waals surface area contributed by atoms with Crippen LogP contribution < -0.4 is 11.1 Å². The summed E-state index contributed by atoms with van der Waals surface area (Å²) in [4.78, 5) is 4.41. The molecule has 3 N–H and O–H groups in total. The van der Waals surface area contributed by atoms with Crippen molar-refractivity contribution in [3.63, 3.8) is 0 Å². The van der Waals surface area contributed by atoms with Crippen LogP contribution in [-0.2, 0) is 0 Å². The van der Waals surface area contributed by atoms with Crippen molar-refractivity contribution in [3.8, 4) is 0 Å². The number of rotatable bonds is 3. The average Bonchev–Trinajstić information content (AvgIpc) is 2.27. The Kier molecular flexibility index (Phi) is 3.58. The molecule has 1 heterocycles. The van der Waals surface area contributed by atoms with E-state index in [1.807, 2.05) is 12.1 Å². The van der Waals surface area contributed by atoms with E-state index in [-0.39, 0.29) is 0 Å². The van der Waals surface area contributed by atoms with Gasteiger partial charge >= 0.3 is 0 Å². The van der Waals surface area contributed by atoms with Gasteiger partial charge in [0.2, 0.25) is 0 Å². The van der Waals surface area contributed by atoms with Gasteiger partial charge in [-0.1, -0.05) is 18.3 Å². The zero-order valence-corrected chi connectivity index (χ0v) is 11.2. The van der Waals surface area contributed by atoms with Crippen LogP contribution in [0.5, 0.6) is 0 Å². The van der Waals surface area contributed by atoms with E-state index in [2.05, 4.69) is 42.3 Å². The zero-order valence-electron chi connectivity index (χ0n) is 10.4. The van der Waals surface area contributed by atoms with Crippen molar-refractivity contribution >= 4 is 28.6 Å². The Morgan fingerprint density at radius 2 is 1.78 bits per heavy atom. The molecule has 1 aromatic carbocycles.